The lowest BCUT2D eigenvalue weighted by atomic mass is 10.1. The first-order valence-corrected chi connectivity index (χ1v) is 10.5. The molecule has 0 spiro atoms. The number of fused-ring (bicyclic) bond motifs is 1. The van der Waals surface area contributed by atoms with E-state index >= 15 is 0 Å². The summed E-state index contributed by atoms with van der Waals surface area (Å²) < 4.78 is 30.7. The van der Waals surface area contributed by atoms with Crippen LogP contribution in [0.1, 0.15) is 11.7 Å². The highest BCUT2D eigenvalue weighted by atomic mass is 35.5. The molecule has 1 fully saturated rings. The molecule has 2 unspecified atom stereocenters. The molecule has 1 aliphatic heterocycles. The highest BCUT2D eigenvalue weighted by Crippen LogP contribution is 2.57. The number of hydrogen-bond donors (Lipinski definition) is 2. The Morgan fingerprint density at radius 2 is 2.32 bits per heavy atom. The lowest BCUT2D eigenvalue weighted by molar-refractivity contribution is 0.145. The molecule has 3 heterocycles. The van der Waals surface area contributed by atoms with E-state index in [1.165, 1.54) is 6.33 Å². The van der Waals surface area contributed by atoms with Gasteiger partial charge in [-0.3, -0.25) is 18.9 Å². The molecule has 0 radical (unpaired) electrons. The summed E-state index contributed by atoms with van der Waals surface area (Å²) in [7, 11) is -3.36. The van der Waals surface area contributed by atoms with Crippen LogP contribution in [-0.2, 0) is 24.9 Å². The first-order valence-electron chi connectivity index (χ1n) is 8.39. The zero-order chi connectivity index (χ0) is 19.7. The number of nitrogens with one attached hydrogen (secondary N) is 1. The predicted molar refractivity (Wildman–Crippen MR) is 102 cm³/mol. The summed E-state index contributed by atoms with van der Waals surface area (Å²) in [6.45, 7) is 0.696. The normalized spacial score (nSPS) is 22.1. The van der Waals surface area contributed by atoms with Crippen LogP contribution in [0.5, 0.6) is 0 Å². The Bertz CT molecular complexity index is 1120. The quantitative estimate of drug-likeness (QED) is 0.454. The highest BCUT2D eigenvalue weighted by Gasteiger charge is 2.38. The molecule has 1 saturated heterocycles. The van der Waals surface area contributed by atoms with Gasteiger partial charge in [0.25, 0.3) is 5.56 Å². The van der Waals surface area contributed by atoms with Crippen molar-refractivity contribution in [3.63, 3.8) is 0 Å². The minimum Gasteiger partial charge on any atom is -0.369 e. The van der Waals surface area contributed by atoms with Gasteiger partial charge in [-0.25, -0.2) is 4.98 Å². The van der Waals surface area contributed by atoms with Crippen molar-refractivity contribution in [3.8, 4) is 0 Å². The van der Waals surface area contributed by atoms with E-state index in [4.69, 9.17) is 31.1 Å². The van der Waals surface area contributed by atoms with Crippen molar-refractivity contribution in [2.45, 2.75) is 12.6 Å². The van der Waals surface area contributed by atoms with E-state index in [2.05, 4.69) is 15.0 Å². The van der Waals surface area contributed by atoms with Crippen molar-refractivity contribution < 1.29 is 18.3 Å². The number of nitrogen functional groups attached to an aromatic ring is 1. The van der Waals surface area contributed by atoms with Gasteiger partial charge in [-0.1, -0.05) is 23.7 Å². The Morgan fingerprint density at radius 1 is 1.46 bits per heavy atom. The third-order valence-electron chi connectivity index (χ3n) is 4.15. The minimum absolute atomic E-state index is 0.00409. The molecule has 3 N–H and O–H groups in total. The van der Waals surface area contributed by atoms with Crippen molar-refractivity contribution in [1.82, 2.24) is 19.5 Å². The number of halogens is 1. The molecule has 148 valence electrons. The van der Waals surface area contributed by atoms with Crippen LogP contribution in [0, 0.1) is 0 Å². The largest absolute Gasteiger partial charge is 0.369 e. The van der Waals surface area contributed by atoms with Crippen LogP contribution in [-0.4, -0.2) is 39.1 Å². The van der Waals surface area contributed by atoms with Crippen LogP contribution >= 0.6 is 19.2 Å². The first kappa shape index (κ1) is 19.1. The number of nitrogens with two attached hydrogens (primary N) is 1. The second-order valence-corrected chi connectivity index (χ2v) is 8.54. The van der Waals surface area contributed by atoms with Gasteiger partial charge in [0.05, 0.1) is 19.5 Å². The van der Waals surface area contributed by atoms with Gasteiger partial charge < -0.3 is 19.6 Å². The Labute approximate surface area is 164 Å². The van der Waals surface area contributed by atoms with Crippen LogP contribution in [0.25, 0.3) is 11.2 Å². The van der Waals surface area contributed by atoms with Crippen LogP contribution in [0.4, 0.5) is 5.95 Å². The number of ether oxygens (including phenoxy) is 1. The van der Waals surface area contributed by atoms with Crippen molar-refractivity contribution in [1.29, 1.82) is 0 Å². The fourth-order valence-electron chi connectivity index (χ4n) is 2.84. The molecule has 4 rings (SSSR count). The summed E-state index contributed by atoms with van der Waals surface area (Å²) in [5.41, 5.74) is 6.49. The summed E-state index contributed by atoms with van der Waals surface area (Å²) in [4.78, 5) is 22.2. The van der Waals surface area contributed by atoms with Crippen LogP contribution in [0.2, 0.25) is 5.02 Å². The van der Waals surface area contributed by atoms with Crippen LogP contribution in [0.3, 0.4) is 0 Å². The number of rotatable bonds is 6. The summed E-state index contributed by atoms with van der Waals surface area (Å²) in [6.07, 6.45) is 0.826. The third kappa shape index (κ3) is 3.96. The Hall–Kier alpha value is -2.23. The SMILES string of the molecule is Nc1nc2c(ncn2CCOCP2(=O)OCC(c3cccc(Cl)c3)O2)c(=O)[nH]1. The molecule has 0 saturated carbocycles. The molecule has 3 aromatic rings. The maximum absolute atomic E-state index is 12.6. The average molecular weight is 426 g/mol. The third-order valence-corrected chi connectivity index (χ3v) is 6.00. The standard InChI is InChI=1S/C16H17ClN5O5P/c17-11-3-1-2-10(6-11)12-7-26-28(24,27-12)9-25-5-4-22-8-19-13-14(22)20-16(18)21-15(13)23/h1-3,6,8,12H,4-5,7,9H2,(H3,18,20,21,23). The predicted octanol–water partition coefficient (Wildman–Crippen LogP) is 2.31. The van der Waals surface area contributed by atoms with Gasteiger partial charge in [0.1, 0.15) is 12.5 Å². The summed E-state index contributed by atoms with van der Waals surface area (Å²) in [5.74, 6) is 0.00409. The van der Waals surface area contributed by atoms with Crippen molar-refractivity contribution in [3.05, 3.63) is 51.5 Å². The van der Waals surface area contributed by atoms with E-state index in [0.29, 0.717) is 17.2 Å². The topological polar surface area (TPSA) is 134 Å². The van der Waals surface area contributed by atoms with Gasteiger partial charge in [0.15, 0.2) is 11.2 Å². The van der Waals surface area contributed by atoms with Crippen molar-refractivity contribution >= 4 is 36.3 Å². The molecule has 10 nitrogen and oxygen atoms in total. The molecule has 1 aromatic carbocycles. The highest BCUT2D eigenvalue weighted by molar-refractivity contribution is 7.53. The molecular formula is C16H17ClN5O5P. The van der Waals surface area contributed by atoms with Gasteiger partial charge in [-0.2, -0.15) is 4.98 Å². The van der Waals surface area contributed by atoms with E-state index in [9.17, 15) is 9.36 Å². The number of anilines is 1. The summed E-state index contributed by atoms with van der Waals surface area (Å²) in [6, 6.07) is 7.12. The summed E-state index contributed by atoms with van der Waals surface area (Å²) in [5, 5.41) is 0.569. The first-order chi connectivity index (χ1) is 13.4. The number of benzene rings is 1. The van der Waals surface area contributed by atoms with E-state index in [-0.39, 0.29) is 31.0 Å². The molecule has 1 aliphatic rings. The second-order valence-electron chi connectivity index (χ2n) is 6.15. The molecule has 2 atom stereocenters. The van der Waals surface area contributed by atoms with E-state index in [1.54, 1.807) is 22.8 Å². The smallest absolute Gasteiger partial charge is 0.356 e. The van der Waals surface area contributed by atoms with Crippen LogP contribution < -0.4 is 11.3 Å². The lowest BCUT2D eigenvalue weighted by Gasteiger charge is -2.12. The number of hydrogen-bond acceptors (Lipinski definition) is 8. The molecule has 12 heteroatoms. The molecular weight excluding hydrogens is 409 g/mol. The Balaban J connectivity index is 1.33. The zero-order valence-electron chi connectivity index (χ0n) is 14.6. The summed E-state index contributed by atoms with van der Waals surface area (Å²) >= 11 is 5.97. The zero-order valence-corrected chi connectivity index (χ0v) is 16.2. The Kier molecular flexibility index (Phi) is 5.22. The van der Waals surface area contributed by atoms with Crippen LogP contribution in [0.15, 0.2) is 35.4 Å². The fraction of sp³-hybridized carbons (Fsp3) is 0.312. The molecule has 0 amide bonds. The minimum atomic E-state index is -3.36. The second kappa shape index (κ2) is 7.65. The molecule has 0 aliphatic carbocycles. The maximum atomic E-state index is 12.6. The van der Waals surface area contributed by atoms with Crippen molar-refractivity contribution in [2.24, 2.45) is 0 Å². The van der Waals surface area contributed by atoms with E-state index in [1.807, 2.05) is 6.07 Å². The number of imidazole rings is 1. The van der Waals surface area contributed by atoms with Gasteiger partial charge in [0, 0.05) is 11.6 Å². The van der Waals surface area contributed by atoms with Crippen molar-refractivity contribution in [2.75, 3.05) is 25.3 Å². The maximum Gasteiger partial charge on any atom is 0.356 e. The Morgan fingerprint density at radius 3 is 3.14 bits per heavy atom. The number of aromatic nitrogens is 4. The molecule has 0 bridgehead atoms. The number of H-pyrrole nitrogens is 1. The lowest BCUT2D eigenvalue weighted by Crippen LogP contribution is -2.13. The van der Waals surface area contributed by atoms with E-state index < -0.39 is 19.3 Å². The van der Waals surface area contributed by atoms with Gasteiger partial charge in [0.2, 0.25) is 5.95 Å². The fourth-order valence-corrected chi connectivity index (χ4v) is 4.52. The van der Waals surface area contributed by atoms with E-state index in [0.717, 1.165) is 5.56 Å². The molecule has 28 heavy (non-hydrogen) atoms. The van der Waals surface area contributed by atoms with Gasteiger partial charge in [-0.15, -0.1) is 0 Å². The number of nitrogens with zero attached hydrogens (tertiary/aromatic N) is 3. The monoisotopic (exact) mass is 425 g/mol. The van der Waals surface area contributed by atoms with Gasteiger partial charge >= 0.3 is 7.60 Å². The average Bonchev–Trinajstić information content (AvgIpc) is 3.23. The molecule has 2 aromatic heterocycles. The van der Waals surface area contributed by atoms with Gasteiger partial charge in [-0.05, 0) is 17.7 Å². The number of aromatic amines is 1.